The summed E-state index contributed by atoms with van der Waals surface area (Å²) in [5, 5.41) is 9.22. The van der Waals surface area contributed by atoms with Gasteiger partial charge in [0, 0.05) is 48.9 Å². The Bertz CT molecular complexity index is 658. The molecule has 0 aromatic carbocycles. The number of aryl methyl sites for hydroxylation is 1. The Morgan fingerprint density at radius 2 is 2.17 bits per heavy atom. The van der Waals surface area contributed by atoms with E-state index in [1.165, 1.54) is 6.42 Å². The number of aliphatic hydroxyl groups is 1. The van der Waals surface area contributed by atoms with Gasteiger partial charge < -0.3 is 10.0 Å². The Morgan fingerprint density at radius 1 is 1.30 bits per heavy atom. The summed E-state index contributed by atoms with van der Waals surface area (Å²) in [6.07, 6.45) is 6.77. The Hall–Kier alpha value is -2.01. The van der Waals surface area contributed by atoms with E-state index < -0.39 is 0 Å². The molecule has 2 aromatic heterocycles. The molecule has 0 spiro atoms. The van der Waals surface area contributed by atoms with Gasteiger partial charge in [0.2, 0.25) is 0 Å². The standard InChI is InChI=1S/C18H24N4O/c1-13-14(2)20-17(16-6-3-8-19-11-16)21-18(13)22-9-4-5-15(12-22)7-10-23/h3,6,8,11,15,23H,4-5,7,9-10,12H2,1-2H3/t15-/m1/s1. The van der Waals surface area contributed by atoms with Crippen molar-refractivity contribution < 1.29 is 5.11 Å². The third-order valence-corrected chi connectivity index (χ3v) is 4.64. The lowest BCUT2D eigenvalue weighted by Gasteiger charge is -2.34. The highest BCUT2D eigenvalue weighted by Crippen LogP contribution is 2.28. The summed E-state index contributed by atoms with van der Waals surface area (Å²) in [4.78, 5) is 16.0. The predicted octanol–water partition coefficient (Wildman–Crippen LogP) is 2.75. The van der Waals surface area contributed by atoms with Crippen molar-refractivity contribution >= 4 is 5.82 Å². The van der Waals surface area contributed by atoms with Crippen LogP contribution in [0.1, 0.15) is 30.5 Å². The number of pyridine rings is 1. The van der Waals surface area contributed by atoms with Crippen molar-refractivity contribution in [3.05, 3.63) is 35.8 Å². The molecule has 1 N–H and O–H groups in total. The molecule has 1 aliphatic rings. The summed E-state index contributed by atoms with van der Waals surface area (Å²) in [6, 6.07) is 3.90. The van der Waals surface area contributed by atoms with Gasteiger partial charge >= 0.3 is 0 Å². The van der Waals surface area contributed by atoms with Crippen molar-refractivity contribution in [2.45, 2.75) is 33.1 Å². The molecule has 122 valence electrons. The van der Waals surface area contributed by atoms with Gasteiger partial charge in [0.1, 0.15) is 5.82 Å². The second-order valence-corrected chi connectivity index (χ2v) is 6.29. The molecule has 1 aliphatic heterocycles. The molecule has 0 unspecified atom stereocenters. The zero-order valence-corrected chi connectivity index (χ0v) is 13.9. The van der Waals surface area contributed by atoms with E-state index in [4.69, 9.17) is 4.98 Å². The number of piperidine rings is 1. The van der Waals surface area contributed by atoms with Crippen molar-refractivity contribution in [2.24, 2.45) is 5.92 Å². The topological polar surface area (TPSA) is 62.1 Å². The van der Waals surface area contributed by atoms with Gasteiger partial charge in [-0.3, -0.25) is 4.98 Å². The zero-order valence-electron chi connectivity index (χ0n) is 13.9. The van der Waals surface area contributed by atoms with E-state index >= 15 is 0 Å². The molecule has 0 radical (unpaired) electrons. The van der Waals surface area contributed by atoms with Gasteiger partial charge in [-0.05, 0) is 51.2 Å². The third-order valence-electron chi connectivity index (χ3n) is 4.64. The van der Waals surface area contributed by atoms with Crippen molar-refractivity contribution in [1.82, 2.24) is 15.0 Å². The highest BCUT2D eigenvalue weighted by atomic mass is 16.3. The summed E-state index contributed by atoms with van der Waals surface area (Å²) in [7, 11) is 0. The maximum absolute atomic E-state index is 9.22. The third kappa shape index (κ3) is 3.50. The molecular formula is C18H24N4O. The van der Waals surface area contributed by atoms with E-state index in [2.05, 4.69) is 21.8 Å². The molecule has 5 heteroatoms. The minimum absolute atomic E-state index is 0.265. The lowest BCUT2D eigenvalue weighted by atomic mass is 9.95. The van der Waals surface area contributed by atoms with Gasteiger partial charge in [-0.25, -0.2) is 9.97 Å². The van der Waals surface area contributed by atoms with Crippen molar-refractivity contribution in [3.63, 3.8) is 0 Å². The first-order valence-corrected chi connectivity index (χ1v) is 8.30. The Balaban J connectivity index is 1.93. The Labute approximate surface area is 137 Å². The molecule has 3 rings (SSSR count). The quantitative estimate of drug-likeness (QED) is 0.940. The van der Waals surface area contributed by atoms with E-state index in [1.807, 2.05) is 19.1 Å². The van der Waals surface area contributed by atoms with Gasteiger partial charge in [-0.1, -0.05) is 0 Å². The minimum Gasteiger partial charge on any atom is -0.396 e. The van der Waals surface area contributed by atoms with Crippen molar-refractivity contribution in [3.8, 4) is 11.4 Å². The van der Waals surface area contributed by atoms with Crippen LogP contribution in [-0.2, 0) is 0 Å². The molecule has 0 amide bonds. The summed E-state index contributed by atoms with van der Waals surface area (Å²) < 4.78 is 0. The van der Waals surface area contributed by atoms with Crippen LogP contribution in [0.4, 0.5) is 5.82 Å². The van der Waals surface area contributed by atoms with E-state index in [9.17, 15) is 5.11 Å². The van der Waals surface area contributed by atoms with Crippen LogP contribution in [0.2, 0.25) is 0 Å². The maximum Gasteiger partial charge on any atom is 0.163 e. The van der Waals surface area contributed by atoms with Crippen LogP contribution in [0.15, 0.2) is 24.5 Å². The molecule has 0 bridgehead atoms. The number of aliphatic hydroxyl groups excluding tert-OH is 1. The normalized spacial score (nSPS) is 18.2. The number of anilines is 1. The van der Waals surface area contributed by atoms with Crippen molar-refractivity contribution in [1.29, 1.82) is 0 Å². The van der Waals surface area contributed by atoms with Crippen LogP contribution in [0, 0.1) is 19.8 Å². The molecule has 23 heavy (non-hydrogen) atoms. The minimum atomic E-state index is 0.265. The van der Waals surface area contributed by atoms with Gasteiger partial charge in [-0.2, -0.15) is 0 Å². The number of rotatable bonds is 4. The smallest absolute Gasteiger partial charge is 0.163 e. The SMILES string of the molecule is Cc1nc(-c2cccnc2)nc(N2CCC[C@H](CCO)C2)c1C. The molecule has 1 fully saturated rings. The highest BCUT2D eigenvalue weighted by molar-refractivity contribution is 5.59. The van der Waals surface area contributed by atoms with E-state index in [1.54, 1.807) is 12.4 Å². The molecule has 5 nitrogen and oxygen atoms in total. The molecule has 2 aromatic rings. The number of aromatic nitrogens is 3. The molecule has 1 atom stereocenters. The molecule has 1 saturated heterocycles. The fourth-order valence-corrected chi connectivity index (χ4v) is 3.22. The van der Waals surface area contributed by atoms with Crippen LogP contribution in [-0.4, -0.2) is 39.8 Å². The molecule has 0 saturated carbocycles. The Morgan fingerprint density at radius 3 is 2.91 bits per heavy atom. The fraction of sp³-hybridized carbons (Fsp3) is 0.500. The monoisotopic (exact) mass is 312 g/mol. The maximum atomic E-state index is 9.22. The van der Waals surface area contributed by atoms with Gasteiger partial charge in [0.25, 0.3) is 0 Å². The van der Waals surface area contributed by atoms with Gasteiger partial charge in [0.05, 0.1) is 0 Å². The number of hydrogen-bond donors (Lipinski definition) is 1. The molecular weight excluding hydrogens is 288 g/mol. The van der Waals surface area contributed by atoms with Crippen LogP contribution >= 0.6 is 0 Å². The first-order chi connectivity index (χ1) is 11.2. The van der Waals surface area contributed by atoms with Gasteiger partial charge in [0.15, 0.2) is 5.82 Å². The second kappa shape index (κ2) is 7.04. The summed E-state index contributed by atoms with van der Waals surface area (Å²) in [5.74, 6) is 2.31. The van der Waals surface area contributed by atoms with E-state index in [0.29, 0.717) is 5.92 Å². The van der Waals surface area contributed by atoms with Crippen molar-refractivity contribution in [2.75, 3.05) is 24.6 Å². The molecule has 0 aliphatic carbocycles. The predicted molar refractivity (Wildman–Crippen MR) is 91.4 cm³/mol. The fourth-order valence-electron chi connectivity index (χ4n) is 3.22. The summed E-state index contributed by atoms with van der Waals surface area (Å²) in [5.41, 5.74) is 3.10. The summed E-state index contributed by atoms with van der Waals surface area (Å²) in [6.45, 7) is 6.38. The van der Waals surface area contributed by atoms with Crippen LogP contribution < -0.4 is 4.90 Å². The molecule has 3 heterocycles. The van der Waals surface area contributed by atoms with Crippen LogP contribution in [0.3, 0.4) is 0 Å². The second-order valence-electron chi connectivity index (χ2n) is 6.29. The van der Waals surface area contributed by atoms with Crippen LogP contribution in [0.25, 0.3) is 11.4 Å². The Kier molecular flexibility index (Phi) is 4.86. The van der Waals surface area contributed by atoms with E-state index in [0.717, 1.165) is 54.4 Å². The zero-order chi connectivity index (χ0) is 16.2. The average Bonchev–Trinajstić information content (AvgIpc) is 2.58. The first kappa shape index (κ1) is 15.9. The average molecular weight is 312 g/mol. The first-order valence-electron chi connectivity index (χ1n) is 8.30. The number of nitrogens with zero attached hydrogens (tertiary/aromatic N) is 4. The largest absolute Gasteiger partial charge is 0.396 e. The lowest BCUT2D eigenvalue weighted by molar-refractivity contribution is 0.244. The number of hydrogen-bond acceptors (Lipinski definition) is 5. The lowest BCUT2D eigenvalue weighted by Crippen LogP contribution is -2.37. The summed E-state index contributed by atoms with van der Waals surface area (Å²) >= 11 is 0. The van der Waals surface area contributed by atoms with Gasteiger partial charge in [-0.15, -0.1) is 0 Å². The van der Waals surface area contributed by atoms with Crippen LogP contribution in [0.5, 0.6) is 0 Å². The van der Waals surface area contributed by atoms with E-state index in [-0.39, 0.29) is 6.61 Å². The highest BCUT2D eigenvalue weighted by Gasteiger charge is 2.23.